The van der Waals surface area contributed by atoms with Gasteiger partial charge in [-0.25, -0.2) is 12.8 Å². The van der Waals surface area contributed by atoms with E-state index >= 15 is 0 Å². The molecule has 2 aromatic rings. The van der Waals surface area contributed by atoms with Crippen molar-refractivity contribution >= 4 is 38.9 Å². The molecule has 1 amide bonds. The normalized spacial score (nSPS) is 14.7. The Labute approximate surface area is 178 Å². The molecule has 0 atom stereocenters. The first-order valence-corrected chi connectivity index (χ1v) is 10.7. The van der Waals surface area contributed by atoms with Crippen LogP contribution in [0.5, 0.6) is 0 Å². The summed E-state index contributed by atoms with van der Waals surface area (Å²) in [6.07, 6.45) is 0. The summed E-state index contributed by atoms with van der Waals surface area (Å²) >= 11 is 5.69. The van der Waals surface area contributed by atoms with E-state index in [0.717, 1.165) is 6.07 Å². The number of carbonyl (C=O) groups excluding carboxylic acids is 1. The van der Waals surface area contributed by atoms with Crippen LogP contribution in [0.3, 0.4) is 0 Å². The molecule has 2 aromatic carbocycles. The van der Waals surface area contributed by atoms with Crippen LogP contribution in [0.25, 0.3) is 0 Å². The Morgan fingerprint density at radius 1 is 1.20 bits per heavy atom. The fourth-order valence-corrected chi connectivity index (χ4v) is 4.58. The minimum absolute atomic E-state index is 0.0115. The zero-order valence-electron chi connectivity index (χ0n) is 15.7. The Balaban J connectivity index is 1.72. The molecule has 0 radical (unpaired) electrons. The second kappa shape index (κ2) is 9.40. The van der Waals surface area contributed by atoms with Crippen LogP contribution in [0.1, 0.15) is 5.56 Å². The van der Waals surface area contributed by atoms with Crippen LogP contribution < -0.4 is 10.6 Å². The molecule has 1 fully saturated rings. The molecule has 0 spiro atoms. The molecule has 0 aromatic heterocycles. The monoisotopic (exact) mass is 452 g/mol. The van der Waals surface area contributed by atoms with Crippen LogP contribution >= 0.6 is 11.6 Å². The average Bonchev–Trinajstić information content (AvgIpc) is 2.75. The summed E-state index contributed by atoms with van der Waals surface area (Å²) < 4.78 is 45.5. The van der Waals surface area contributed by atoms with E-state index in [2.05, 4.69) is 10.6 Å². The average molecular weight is 453 g/mol. The Kier molecular flexibility index (Phi) is 6.89. The van der Waals surface area contributed by atoms with E-state index < -0.39 is 21.7 Å². The number of morpholine rings is 1. The summed E-state index contributed by atoms with van der Waals surface area (Å²) in [6, 6.07) is 9.89. The van der Waals surface area contributed by atoms with Gasteiger partial charge in [-0.3, -0.25) is 4.79 Å². The number of anilines is 2. The van der Waals surface area contributed by atoms with Gasteiger partial charge in [0.15, 0.2) is 0 Å². The van der Waals surface area contributed by atoms with Crippen molar-refractivity contribution in [2.45, 2.75) is 4.90 Å². The van der Waals surface area contributed by atoms with Crippen molar-refractivity contribution in [3.05, 3.63) is 52.8 Å². The maximum absolute atomic E-state index is 13.2. The summed E-state index contributed by atoms with van der Waals surface area (Å²) in [5.74, 6) is -1.04. The quantitative estimate of drug-likeness (QED) is 0.696. The Bertz CT molecular complexity index is 1100. The Morgan fingerprint density at radius 2 is 1.90 bits per heavy atom. The number of carbonyl (C=O) groups is 1. The third-order valence-corrected chi connectivity index (χ3v) is 6.57. The highest BCUT2D eigenvalue weighted by atomic mass is 35.5. The molecule has 1 aliphatic heterocycles. The predicted octanol–water partition coefficient (Wildman–Crippen LogP) is 2.42. The number of sulfonamides is 1. The molecule has 11 heteroatoms. The Morgan fingerprint density at radius 3 is 2.57 bits per heavy atom. The minimum atomic E-state index is -3.88. The molecule has 2 N–H and O–H groups in total. The molecule has 3 rings (SSSR count). The van der Waals surface area contributed by atoms with E-state index in [1.54, 1.807) is 0 Å². The lowest BCUT2D eigenvalue weighted by Crippen LogP contribution is -2.40. The van der Waals surface area contributed by atoms with Crippen molar-refractivity contribution in [2.24, 2.45) is 0 Å². The lowest BCUT2D eigenvalue weighted by molar-refractivity contribution is -0.114. The van der Waals surface area contributed by atoms with Crippen LogP contribution in [0.15, 0.2) is 41.3 Å². The maximum Gasteiger partial charge on any atom is 0.244 e. The summed E-state index contributed by atoms with van der Waals surface area (Å²) in [4.78, 5) is 12.0. The lowest BCUT2D eigenvalue weighted by atomic mass is 10.2. The second-order valence-electron chi connectivity index (χ2n) is 6.37. The number of nitriles is 1. The topological polar surface area (TPSA) is 112 Å². The number of amides is 1. The predicted molar refractivity (Wildman–Crippen MR) is 109 cm³/mol. The van der Waals surface area contributed by atoms with E-state index in [9.17, 15) is 22.9 Å². The van der Waals surface area contributed by atoms with Gasteiger partial charge in [-0.05, 0) is 36.4 Å². The zero-order valence-corrected chi connectivity index (χ0v) is 17.3. The van der Waals surface area contributed by atoms with Gasteiger partial charge in [0, 0.05) is 24.5 Å². The van der Waals surface area contributed by atoms with E-state index in [-0.39, 0.29) is 48.3 Å². The Hall–Kier alpha value is -2.71. The van der Waals surface area contributed by atoms with E-state index in [4.69, 9.17) is 16.3 Å². The summed E-state index contributed by atoms with van der Waals surface area (Å²) in [7, 11) is -3.88. The molecule has 0 aliphatic carbocycles. The van der Waals surface area contributed by atoms with Gasteiger partial charge in [-0.1, -0.05) is 11.6 Å². The molecule has 0 saturated carbocycles. The summed E-state index contributed by atoms with van der Waals surface area (Å²) in [5.41, 5.74) is 0.689. The van der Waals surface area contributed by atoms with Gasteiger partial charge < -0.3 is 15.4 Å². The highest BCUT2D eigenvalue weighted by Crippen LogP contribution is 2.24. The van der Waals surface area contributed by atoms with Crippen LogP contribution in [-0.4, -0.2) is 51.5 Å². The first-order valence-electron chi connectivity index (χ1n) is 8.92. The second-order valence-corrected chi connectivity index (χ2v) is 8.68. The number of nitrogens with one attached hydrogen (secondary N) is 2. The number of halogens is 2. The van der Waals surface area contributed by atoms with Crippen molar-refractivity contribution < 1.29 is 22.3 Å². The molecule has 30 heavy (non-hydrogen) atoms. The lowest BCUT2D eigenvalue weighted by Gasteiger charge is -2.26. The number of rotatable bonds is 6. The van der Waals surface area contributed by atoms with Crippen LogP contribution in [-0.2, 0) is 19.6 Å². The molecular weight excluding hydrogens is 435 g/mol. The number of ether oxygens (including phenoxy) is 1. The van der Waals surface area contributed by atoms with E-state index in [1.165, 1.54) is 34.6 Å². The van der Waals surface area contributed by atoms with Gasteiger partial charge in [-0.2, -0.15) is 9.57 Å². The standard InChI is InChI=1S/C19H18ClFN4O4S/c20-16-9-15(3-4-17(16)21)24-19(26)12-23-14-2-1-13(11-22)18(10-14)30(27,28)25-5-7-29-8-6-25/h1-4,9-10,23H,5-8,12H2,(H,24,26). The van der Waals surface area contributed by atoms with Gasteiger partial charge in [0.05, 0.1) is 30.3 Å². The molecular formula is C19H18ClFN4O4S. The molecule has 158 valence electrons. The highest BCUT2D eigenvalue weighted by molar-refractivity contribution is 7.89. The van der Waals surface area contributed by atoms with E-state index in [0.29, 0.717) is 11.4 Å². The van der Waals surface area contributed by atoms with Crippen LogP contribution in [0.4, 0.5) is 15.8 Å². The van der Waals surface area contributed by atoms with Gasteiger partial charge in [-0.15, -0.1) is 0 Å². The van der Waals surface area contributed by atoms with Crippen LogP contribution in [0.2, 0.25) is 5.02 Å². The number of nitrogens with zero attached hydrogens (tertiary/aromatic N) is 2. The van der Waals surface area contributed by atoms with Gasteiger partial charge >= 0.3 is 0 Å². The number of hydrogen-bond donors (Lipinski definition) is 2. The molecule has 0 unspecified atom stereocenters. The first kappa shape index (κ1) is 22.0. The zero-order chi connectivity index (χ0) is 21.7. The summed E-state index contributed by atoms with van der Waals surface area (Å²) in [5, 5.41) is 14.6. The van der Waals surface area contributed by atoms with Crippen molar-refractivity contribution in [1.29, 1.82) is 5.26 Å². The van der Waals surface area contributed by atoms with Crippen molar-refractivity contribution in [2.75, 3.05) is 43.5 Å². The molecule has 1 aliphatic rings. The van der Waals surface area contributed by atoms with Gasteiger partial charge in [0.1, 0.15) is 16.8 Å². The fourth-order valence-electron chi connectivity index (χ4n) is 2.83. The minimum Gasteiger partial charge on any atom is -0.379 e. The smallest absolute Gasteiger partial charge is 0.244 e. The molecule has 1 heterocycles. The molecule has 8 nitrogen and oxygen atoms in total. The maximum atomic E-state index is 13.2. The van der Waals surface area contributed by atoms with Gasteiger partial charge in [0.25, 0.3) is 0 Å². The van der Waals surface area contributed by atoms with Crippen molar-refractivity contribution in [3.63, 3.8) is 0 Å². The largest absolute Gasteiger partial charge is 0.379 e. The van der Waals surface area contributed by atoms with Crippen molar-refractivity contribution in [1.82, 2.24) is 4.31 Å². The SMILES string of the molecule is N#Cc1ccc(NCC(=O)Nc2ccc(F)c(Cl)c2)cc1S(=O)(=O)N1CCOCC1. The highest BCUT2D eigenvalue weighted by Gasteiger charge is 2.29. The summed E-state index contributed by atoms with van der Waals surface area (Å²) in [6.45, 7) is 0.790. The third-order valence-electron chi connectivity index (χ3n) is 4.35. The molecule has 1 saturated heterocycles. The fraction of sp³-hybridized carbons (Fsp3) is 0.263. The molecule has 0 bridgehead atoms. The first-order chi connectivity index (χ1) is 14.3. The number of benzene rings is 2. The third kappa shape index (κ3) is 5.06. The van der Waals surface area contributed by atoms with Crippen molar-refractivity contribution in [3.8, 4) is 6.07 Å². The van der Waals surface area contributed by atoms with Crippen LogP contribution in [0, 0.1) is 17.1 Å². The number of hydrogen-bond acceptors (Lipinski definition) is 6. The van der Waals surface area contributed by atoms with Gasteiger partial charge in [0.2, 0.25) is 15.9 Å². The van der Waals surface area contributed by atoms with E-state index in [1.807, 2.05) is 6.07 Å².